The van der Waals surface area contributed by atoms with Crippen molar-refractivity contribution in [1.29, 1.82) is 0 Å². The van der Waals surface area contributed by atoms with E-state index < -0.39 is 4.92 Å². The van der Waals surface area contributed by atoms with Crippen LogP contribution in [0.2, 0.25) is 5.02 Å². The van der Waals surface area contributed by atoms with E-state index >= 15 is 0 Å². The first kappa shape index (κ1) is 18.2. The highest BCUT2D eigenvalue weighted by Gasteiger charge is 2.24. The Hall–Kier alpha value is -2.60. The van der Waals surface area contributed by atoms with E-state index in [9.17, 15) is 14.9 Å². The van der Waals surface area contributed by atoms with Gasteiger partial charge in [0.15, 0.2) is 0 Å². The van der Waals surface area contributed by atoms with Crippen molar-refractivity contribution in [2.75, 3.05) is 31.1 Å². The van der Waals surface area contributed by atoms with Crippen molar-refractivity contribution in [2.24, 2.45) is 0 Å². The second-order valence-corrected chi connectivity index (χ2v) is 6.63. The molecule has 0 unspecified atom stereocenters. The summed E-state index contributed by atoms with van der Waals surface area (Å²) in [6.07, 6.45) is 0.948. The minimum absolute atomic E-state index is 0.0249. The SMILES string of the molecule is CCc1ccc(C(=O)N2CCN(c3ccc([N+](=O)[O-])cc3Cl)CC2)cc1. The van der Waals surface area contributed by atoms with Gasteiger partial charge in [-0.3, -0.25) is 14.9 Å². The molecule has 0 spiro atoms. The Kier molecular flexibility index (Phi) is 5.42. The van der Waals surface area contributed by atoms with Crippen LogP contribution in [0.25, 0.3) is 0 Å². The standard InChI is InChI=1S/C19H20ClN3O3/c1-2-14-3-5-15(6-4-14)19(24)22-11-9-21(10-12-22)18-8-7-16(23(25)26)13-17(18)20/h3-8,13H,2,9-12H2,1H3. The summed E-state index contributed by atoms with van der Waals surface area (Å²) in [4.78, 5) is 26.9. The molecule has 26 heavy (non-hydrogen) atoms. The van der Waals surface area contributed by atoms with E-state index in [0.717, 1.165) is 12.1 Å². The van der Waals surface area contributed by atoms with Crippen molar-refractivity contribution in [3.63, 3.8) is 0 Å². The number of non-ortho nitro benzene ring substituents is 1. The molecule has 0 atom stereocenters. The van der Waals surface area contributed by atoms with Gasteiger partial charge in [-0.15, -0.1) is 0 Å². The lowest BCUT2D eigenvalue weighted by atomic mass is 10.1. The maximum absolute atomic E-state index is 12.6. The van der Waals surface area contributed by atoms with Gasteiger partial charge in [0.2, 0.25) is 0 Å². The van der Waals surface area contributed by atoms with Gasteiger partial charge >= 0.3 is 0 Å². The summed E-state index contributed by atoms with van der Waals surface area (Å²) in [5.74, 6) is 0.0297. The molecular weight excluding hydrogens is 354 g/mol. The van der Waals surface area contributed by atoms with Gasteiger partial charge in [-0.1, -0.05) is 30.7 Å². The first-order chi connectivity index (χ1) is 12.5. The highest BCUT2D eigenvalue weighted by molar-refractivity contribution is 6.33. The van der Waals surface area contributed by atoms with E-state index in [1.165, 1.54) is 17.7 Å². The molecule has 0 aromatic heterocycles. The van der Waals surface area contributed by atoms with Gasteiger partial charge in [0.1, 0.15) is 0 Å². The van der Waals surface area contributed by atoms with Crippen LogP contribution >= 0.6 is 11.6 Å². The van der Waals surface area contributed by atoms with Crippen LogP contribution in [0, 0.1) is 10.1 Å². The molecule has 1 amide bonds. The summed E-state index contributed by atoms with van der Waals surface area (Å²) in [6, 6.07) is 12.2. The predicted molar refractivity (Wildman–Crippen MR) is 102 cm³/mol. The summed E-state index contributed by atoms with van der Waals surface area (Å²) in [5.41, 5.74) is 2.64. The fourth-order valence-corrected chi connectivity index (χ4v) is 3.38. The molecule has 0 aliphatic carbocycles. The monoisotopic (exact) mass is 373 g/mol. The van der Waals surface area contributed by atoms with Crippen LogP contribution in [0.5, 0.6) is 0 Å². The van der Waals surface area contributed by atoms with E-state index in [4.69, 9.17) is 11.6 Å². The Morgan fingerprint density at radius 3 is 2.31 bits per heavy atom. The molecule has 1 saturated heterocycles. The maximum Gasteiger partial charge on any atom is 0.271 e. The number of anilines is 1. The zero-order chi connectivity index (χ0) is 18.7. The van der Waals surface area contributed by atoms with Gasteiger partial charge in [0, 0.05) is 43.9 Å². The lowest BCUT2D eigenvalue weighted by molar-refractivity contribution is -0.384. The zero-order valence-corrected chi connectivity index (χ0v) is 15.3. The van der Waals surface area contributed by atoms with Gasteiger partial charge < -0.3 is 9.80 Å². The fourth-order valence-electron chi connectivity index (χ4n) is 3.08. The summed E-state index contributed by atoms with van der Waals surface area (Å²) < 4.78 is 0. The lowest BCUT2D eigenvalue weighted by Crippen LogP contribution is -2.48. The molecule has 1 aliphatic rings. The highest BCUT2D eigenvalue weighted by Crippen LogP contribution is 2.30. The Bertz CT molecular complexity index is 815. The average molecular weight is 374 g/mol. The molecule has 2 aromatic carbocycles. The van der Waals surface area contributed by atoms with Crippen LogP contribution in [0.3, 0.4) is 0 Å². The molecule has 1 aliphatic heterocycles. The van der Waals surface area contributed by atoms with Crippen molar-refractivity contribution >= 4 is 28.9 Å². The van der Waals surface area contributed by atoms with Crippen LogP contribution in [0.4, 0.5) is 11.4 Å². The normalized spacial score (nSPS) is 14.4. The van der Waals surface area contributed by atoms with E-state index in [1.54, 1.807) is 6.07 Å². The van der Waals surface area contributed by atoms with Crippen molar-refractivity contribution in [2.45, 2.75) is 13.3 Å². The predicted octanol–water partition coefficient (Wildman–Crippen LogP) is 3.77. The topological polar surface area (TPSA) is 66.7 Å². The van der Waals surface area contributed by atoms with Crippen molar-refractivity contribution in [1.82, 2.24) is 4.90 Å². The molecule has 1 fully saturated rings. The number of carbonyl (C=O) groups is 1. The first-order valence-corrected chi connectivity index (χ1v) is 8.94. The number of nitro benzene ring substituents is 1. The fraction of sp³-hybridized carbons (Fsp3) is 0.316. The second kappa shape index (κ2) is 7.74. The summed E-state index contributed by atoms with van der Waals surface area (Å²) in [6.45, 7) is 4.52. The third-order valence-electron chi connectivity index (χ3n) is 4.66. The minimum Gasteiger partial charge on any atom is -0.367 e. The number of piperazine rings is 1. The molecule has 7 heteroatoms. The number of nitro groups is 1. The third kappa shape index (κ3) is 3.80. The molecular formula is C19H20ClN3O3. The van der Waals surface area contributed by atoms with Crippen LogP contribution in [0.1, 0.15) is 22.8 Å². The molecule has 0 saturated carbocycles. The molecule has 2 aromatic rings. The zero-order valence-electron chi connectivity index (χ0n) is 14.5. The first-order valence-electron chi connectivity index (χ1n) is 8.56. The number of benzene rings is 2. The van der Waals surface area contributed by atoms with Gasteiger partial charge in [-0.05, 0) is 30.2 Å². The van der Waals surface area contributed by atoms with Crippen LogP contribution < -0.4 is 4.90 Å². The number of carbonyl (C=O) groups excluding carboxylic acids is 1. The highest BCUT2D eigenvalue weighted by atomic mass is 35.5. The largest absolute Gasteiger partial charge is 0.367 e. The quantitative estimate of drug-likeness (QED) is 0.604. The summed E-state index contributed by atoms with van der Waals surface area (Å²) in [5, 5.41) is 11.2. The second-order valence-electron chi connectivity index (χ2n) is 6.22. The van der Waals surface area contributed by atoms with Gasteiger partial charge in [0.05, 0.1) is 15.6 Å². The molecule has 0 N–H and O–H groups in total. The van der Waals surface area contributed by atoms with E-state index in [1.807, 2.05) is 29.2 Å². The number of aryl methyl sites for hydroxylation is 1. The number of hydrogen-bond donors (Lipinski definition) is 0. The average Bonchev–Trinajstić information content (AvgIpc) is 2.67. The minimum atomic E-state index is -0.462. The third-order valence-corrected chi connectivity index (χ3v) is 4.96. The summed E-state index contributed by atoms with van der Waals surface area (Å²) >= 11 is 6.20. The van der Waals surface area contributed by atoms with E-state index in [-0.39, 0.29) is 11.6 Å². The van der Waals surface area contributed by atoms with E-state index in [0.29, 0.717) is 36.8 Å². The van der Waals surface area contributed by atoms with E-state index in [2.05, 4.69) is 11.8 Å². The molecule has 136 valence electrons. The molecule has 0 bridgehead atoms. The summed E-state index contributed by atoms with van der Waals surface area (Å²) in [7, 11) is 0. The van der Waals surface area contributed by atoms with Gasteiger partial charge in [-0.25, -0.2) is 0 Å². The lowest BCUT2D eigenvalue weighted by Gasteiger charge is -2.36. The van der Waals surface area contributed by atoms with Crippen molar-refractivity contribution in [3.05, 3.63) is 68.7 Å². The van der Waals surface area contributed by atoms with Crippen LogP contribution in [-0.2, 0) is 6.42 Å². The van der Waals surface area contributed by atoms with Crippen LogP contribution in [0.15, 0.2) is 42.5 Å². The smallest absolute Gasteiger partial charge is 0.271 e. The van der Waals surface area contributed by atoms with Crippen LogP contribution in [-0.4, -0.2) is 41.9 Å². The number of hydrogen-bond acceptors (Lipinski definition) is 4. The van der Waals surface area contributed by atoms with Gasteiger partial charge in [0.25, 0.3) is 11.6 Å². The molecule has 6 nitrogen and oxygen atoms in total. The number of amides is 1. The Labute approximate surface area is 157 Å². The Morgan fingerprint density at radius 1 is 1.12 bits per heavy atom. The molecule has 3 rings (SSSR count). The molecule has 0 radical (unpaired) electrons. The Balaban J connectivity index is 1.65. The van der Waals surface area contributed by atoms with Gasteiger partial charge in [-0.2, -0.15) is 0 Å². The number of halogens is 1. The number of nitrogens with zero attached hydrogens (tertiary/aromatic N) is 3. The van der Waals surface area contributed by atoms with Crippen molar-refractivity contribution < 1.29 is 9.72 Å². The Morgan fingerprint density at radius 2 is 1.77 bits per heavy atom. The van der Waals surface area contributed by atoms with Crippen molar-refractivity contribution in [3.8, 4) is 0 Å². The number of rotatable bonds is 4. The maximum atomic E-state index is 12.6. The molecule has 1 heterocycles.